The van der Waals surface area contributed by atoms with E-state index in [9.17, 15) is 0 Å². The van der Waals surface area contributed by atoms with E-state index >= 15 is 0 Å². The Morgan fingerprint density at radius 1 is 0.390 bits per heavy atom. The Morgan fingerprint density at radius 3 is 1.32 bits per heavy atom. The Bertz CT molecular complexity index is 2150. The molecule has 1 aromatic heterocycles. The first-order valence-electron chi connectivity index (χ1n) is 13.9. The third-order valence-electron chi connectivity index (χ3n) is 8.33. The van der Waals surface area contributed by atoms with Crippen molar-refractivity contribution in [1.29, 1.82) is 0 Å². The summed E-state index contributed by atoms with van der Waals surface area (Å²) in [6.07, 6.45) is 8.85. The zero-order chi connectivity index (χ0) is 26.9. The summed E-state index contributed by atoms with van der Waals surface area (Å²) in [5.74, 6) is 0. The molecule has 4 heterocycles. The summed E-state index contributed by atoms with van der Waals surface area (Å²) in [4.78, 5) is 14.1. The molecule has 8 bridgehead atoms. The van der Waals surface area contributed by atoms with Crippen molar-refractivity contribution in [3.05, 3.63) is 153 Å². The van der Waals surface area contributed by atoms with E-state index in [4.69, 9.17) is 9.98 Å². The molecule has 1 N–H and O–H groups in total. The number of nitrogens with zero attached hydrogens (tertiary/aromatic N) is 2. The number of aromatic amines is 1. The van der Waals surface area contributed by atoms with Crippen molar-refractivity contribution in [3.8, 4) is 11.1 Å². The SMILES string of the molecule is C1=C2N=C(C=c3[nH]c(c4ccccc34)=CC3=NC(=Cc4cc1c1cccccc4-1)c1ccccc13)c1ccccc12. The molecular weight excluding hydrogens is 498 g/mol. The van der Waals surface area contributed by atoms with E-state index in [1.165, 1.54) is 21.9 Å². The third-order valence-corrected chi connectivity index (χ3v) is 8.33. The highest BCUT2D eigenvalue weighted by Crippen LogP contribution is 2.40. The average Bonchev–Trinajstić information content (AvgIpc) is 3.67. The van der Waals surface area contributed by atoms with E-state index in [2.05, 4.69) is 138 Å². The van der Waals surface area contributed by atoms with Crippen LogP contribution in [0.3, 0.4) is 0 Å². The van der Waals surface area contributed by atoms with Crippen molar-refractivity contribution < 1.29 is 0 Å². The lowest BCUT2D eigenvalue weighted by atomic mass is 10.0. The molecule has 3 aromatic carbocycles. The minimum atomic E-state index is 0.963. The van der Waals surface area contributed by atoms with Crippen LogP contribution < -0.4 is 10.7 Å². The Morgan fingerprint density at radius 2 is 0.805 bits per heavy atom. The molecular formula is C38H23N3. The highest BCUT2D eigenvalue weighted by molar-refractivity contribution is 6.29. The quantitative estimate of drug-likeness (QED) is 0.221. The summed E-state index contributed by atoms with van der Waals surface area (Å²) in [6.45, 7) is 0. The molecule has 41 heavy (non-hydrogen) atoms. The van der Waals surface area contributed by atoms with Crippen LogP contribution in [0, 0.1) is 0 Å². The van der Waals surface area contributed by atoms with Gasteiger partial charge in [-0.3, -0.25) is 0 Å². The number of H-pyrrole nitrogens is 1. The van der Waals surface area contributed by atoms with Gasteiger partial charge in [0.2, 0.25) is 0 Å². The van der Waals surface area contributed by atoms with Gasteiger partial charge < -0.3 is 4.98 Å². The summed E-state index contributed by atoms with van der Waals surface area (Å²) < 4.78 is 0. The van der Waals surface area contributed by atoms with Crippen LogP contribution in [0.25, 0.3) is 57.6 Å². The summed E-state index contributed by atoms with van der Waals surface area (Å²) >= 11 is 0. The fraction of sp³-hybridized carbons (Fsp3) is 0. The van der Waals surface area contributed by atoms with Crippen LogP contribution in [0.15, 0.2) is 119 Å². The van der Waals surface area contributed by atoms with Crippen molar-refractivity contribution in [2.45, 2.75) is 0 Å². The first-order chi connectivity index (χ1) is 20.3. The minimum absolute atomic E-state index is 0.963. The molecule has 0 amide bonds. The molecule has 9 rings (SSSR count). The normalized spacial score (nSPS) is 14.8. The molecule has 0 unspecified atom stereocenters. The lowest BCUT2D eigenvalue weighted by Gasteiger charge is -2.01. The Labute approximate surface area is 236 Å². The molecule has 4 aromatic rings. The molecule has 0 radical (unpaired) electrons. The molecule has 0 saturated heterocycles. The number of rotatable bonds is 0. The predicted molar refractivity (Wildman–Crippen MR) is 171 cm³/mol. The fourth-order valence-electron chi connectivity index (χ4n) is 6.44. The van der Waals surface area contributed by atoms with Gasteiger partial charge in [0, 0.05) is 43.7 Å². The number of benzene rings is 3. The zero-order valence-electron chi connectivity index (χ0n) is 22.1. The molecule has 3 heteroatoms. The maximum atomic E-state index is 5.21. The van der Waals surface area contributed by atoms with E-state index in [1.807, 2.05) is 0 Å². The molecule has 2 aliphatic carbocycles. The minimum Gasteiger partial charge on any atom is -0.354 e. The summed E-state index contributed by atoms with van der Waals surface area (Å²) in [5, 5.41) is 4.43. The number of nitrogens with one attached hydrogen (secondary N) is 1. The molecule has 3 aliphatic heterocycles. The average molecular weight is 522 g/mol. The topological polar surface area (TPSA) is 40.5 Å². The van der Waals surface area contributed by atoms with E-state index in [0.717, 1.165) is 66.9 Å². The first-order valence-corrected chi connectivity index (χ1v) is 13.9. The second-order valence-electron chi connectivity index (χ2n) is 10.7. The van der Waals surface area contributed by atoms with Crippen LogP contribution in [0.1, 0.15) is 33.4 Å². The molecule has 0 spiro atoms. The highest BCUT2D eigenvalue weighted by atomic mass is 14.8. The second kappa shape index (κ2) is 8.48. The van der Waals surface area contributed by atoms with Gasteiger partial charge >= 0.3 is 0 Å². The lowest BCUT2D eigenvalue weighted by molar-refractivity contribution is 1.29. The van der Waals surface area contributed by atoms with Gasteiger partial charge in [0.1, 0.15) is 0 Å². The predicted octanol–water partition coefficient (Wildman–Crippen LogP) is 7.15. The van der Waals surface area contributed by atoms with Crippen molar-refractivity contribution in [1.82, 2.24) is 4.98 Å². The Kier molecular flexibility index (Phi) is 4.61. The maximum absolute atomic E-state index is 5.21. The monoisotopic (exact) mass is 521 g/mol. The van der Waals surface area contributed by atoms with E-state index < -0.39 is 0 Å². The van der Waals surface area contributed by atoms with Gasteiger partial charge in [-0.2, -0.15) is 0 Å². The highest BCUT2D eigenvalue weighted by Gasteiger charge is 2.23. The summed E-state index contributed by atoms with van der Waals surface area (Å²) in [6, 6.07) is 38.6. The maximum Gasteiger partial charge on any atom is 0.0737 e. The van der Waals surface area contributed by atoms with Gasteiger partial charge in [-0.25, -0.2) is 9.98 Å². The number of fused-ring (bicyclic) bond motifs is 18. The fourth-order valence-corrected chi connectivity index (χ4v) is 6.44. The number of aliphatic imine (C=N–C) groups is 2. The van der Waals surface area contributed by atoms with Crippen LogP contribution in [-0.2, 0) is 0 Å². The van der Waals surface area contributed by atoms with Gasteiger partial charge in [0.05, 0.1) is 22.8 Å². The van der Waals surface area contributed by atoms with Crippen LogP contribution in [0.4, 0.5) is 0 Å². The molecule has 190 valence electrons. The summed E-state index contributed by atoms with van der Waals surface area (Å²) in [7, 11) is 0. The Hall–Kier alpha value is -5.54. The third kappa shape index (κ3) is 3.39. The number of hydrogen-bond acceptors (Lipinski definition) is 2. The molecule has 0 atom stereocenters. The molecule has 3 nitrogen and oxygen atoms in total. The van der Waals surface area contributed by atoms with Gasteiger partial charge in [0.15, 0.2) is 0 Å². The number of aromatic nitrogens is 1. The molecule has 0 fully saturated rings. The van der Waals surface area contributed by atoms with Crippen molar-refractivity contribution in [2.24, 2.45) is 9.98 Å². The van der Waals surface area contributed by atoms with Gasteiger partial charge in [-0.05, 0) is 52.6 Å². The molecule has 5 aliphatic rings. The summed E-state index contributed by atoms with van der Waals surface area (Å²) in [5.41, 5.74) is 13.2. The van der Waals surface area contributed by atoms with E-state index in [-0.39, 0.29) is 0 Å². The largest absolute Gasteiger partial charge is 0.354 e. The van der Waals surface area contributed by atoms with Crippen molar-refractivity contribution in [3.63, 3.8) is 0 Å². The van der Waals surface area contributed by atoms with Gasteiger partial charge in [-0.15, -0.1) is 0 Å². The number of hydrogen-bond donors (Lipinski definition) is 1. The van der Waals surface area contributed by atoms with E-state index in [1.54, 1.807) is 0 Å². The van der Waals surface area contributed by atoms with Crippen molar-refractivity contribution in [2.75, 3.05) is 0 Å². The standard InChI is InChI=1S/C38H23N3/c1-2-10-25-23-18-24(26(25)11-3-1)20-34-28-13-5-7-15-30(28)36(40-34)22-38-32-17-9-8-16-31(32)37(41-38)21-35-29-14-6-4-12-27(29)33(19-23)39-35/h1-22,41H. The second-order valence-corrected chi connectivity index (χ2v) is 10.7. The van der Waals surface area contributed by atoms with Crippen LogP contribution >= 0.6 is 0 Å². The molecule has 0 saturated carbocycles. The Balaban J connectivity index is 1.43. The van der Waals surface area contributed by atoms with Gasteiger partial charge in [-0.1, -0.05) is 103 Å². The first kappa shape index (κ1) is 22.3. The van der Waals surface area contributed by atoms with Crippen LogP contribution in [-0.4, -0.2) is 16.4 Å². The lowest BCUT2D eigenvalue weighted by Crippen LogP contribution is -2.14. The smallest absolute Gasteiger partial charge is 0.0737 e. The van der Waals surface area contributed by atoms with Crippen molar-refractivity contribution >= 4 is 57.9 Å². The van der Waals surface area contributed by atoms with Crippen LogP contribution in [0.2, 0.25) is 0 Å². The zero-order valence-corrected chi connectivity index (χ0v) is 22.1. The van der Waals surface area contributed by atoms with Crippen LogP contribution in [0.5, 0.6) is 0 Å². The van der Waals surface area contributed by atoms with Gasteiger partial charge in [0.25, 0.3) is 0 Å². The van der Waals surface area contributed by atoms with E-state index in [0.29, 0.717) is 0 Å².